The van der Waals surface area contributed by atoms with Crippen LogP contribution < -0.4 is 9.64 Å². The van der Waals surface area contributed by atoms with Gasteiger partial charge in [0.1, 0.15) is 12.4 Å². The number of carbonyl (C=O) groups excluding carboxylic acids is 2. The maximum atomic E-state index is 13.3. The van der Waals surface area contributed by atoms with Crippen LogP contribution in [-0.4, -0.2) is 11.7 Å². The van der Waals surface area contributed by atoms with Gasteiger partial charge in [0.15, 0.2) is 5.78 Å². The molecule has 5 rings (SSSR count). The van der Waals surface area contributed by atoms with Gasteiger partial charge in [-0.05, 0) is 60.7 Å². The molecule has 3 aromatic carbocycles. The number of carbonyl (C=O) groups is 2. The maximum Gasteiger partial charge on any atom is 0.232 e. The zero-order chi connectivity index (χ0) is 22.8. The van der Waals surface area contributed by atoms with Crippen LogP contribution in [0.1, 0.15) is 48.3 Å². The molecule has 1 aliphatic carbocycles. The van der Waals surface area contributed by atoms with Crippen LogP contribution in [0, 0.1) is 6.92 Å². The fourth-order valence-corrected chi connectivity index (χ4v) is 4.88. The minimum absolute atomic E-state index is 0.0412. The molecule has 166 valence electrons. The number of nitrogens with zero attached hydrogens (tertiary/aromatic N) is 1. The number of anilines is 1. The summed E-state index contributed by atoms with van der Waals surface area (Å²) >= 11 is 0. The van der Waals surface area contributed by atoms with Gasteiger partial charge in [-0.2, -0.15) is 0 Å². The van der Waals surface area contributed by atoms with Crippen molar-refractivity contribution in [3.05, 3.63) is 107 Å². The molecule has 1 unspecified atom stereocenters. The summed E-state index contributed by atoms with van der Waals surface area (Å²) in [6, 6.07) is 25.7. The van der Waals surface area contributed by atoms with Gasteiger partial charge in [0, 0.05) is 35.7 Å². The van der Waals surface area contributed by atoms with Gasteiger partial charge in [-0.25, -0.2) is 0 Å². The van der Waals surface area contributed by atoms with Gasteiger partial charge in [-0.15, -0.1) is 0 Å². The molecule has 4 heteroatoms. The average molecular weight is 438 g/mol. The molecule has 0 fully saturated rings. The number of benzene rings is 3. The number of allylic oxidation sites excluding steroid dienone is 2. The molecule has 0 spiro atoms. The summed E-state index contributed by atoms with van der Waals surface area (Å²) < 4.78 is 5.98. The van der Waals surface area contributed by atoms with E-state index in [1.807, 2.05) is 66.7 Å². The number of amides is 1. The Morgan fingerprint density at radius 2 is 1.61 bits per heavy atom. The van der Waals surface area contributed by atoms with Crippen molar-refractivity contribution in [3.8, 4) is 5.75 Å². The van der Waals surface area contributed by atoms with E-state index < -0.39 is 0 Å². The van der Waals surface area contributed by atoms with Gasteiger partial charge in [0.05, 0.1) is 0 Å². The van der Waals surface area contributed by atoms with Crippen molar-refractivity contribution in [1.82, 2.24) is 0 Å². The number of ketones is 1. The molecule has 3 aromatic rings. The third kappa shape index (κ3) is 4.21. The van der Waals surface area contributed by atoms with Crippen LogP contribution in [0.15, 0.2) is 90.1 Å². The highest BCUT2D eigenvalue weighted by Gasteiger charge is 2.39. The molecule has 4 nitrogen and oxygen atoms in total. The first-order valence-corrected chi connectivity index (χ1v) is 11.5. The molecule has 0 radical (unpaired) electrons. The number of ether oxygens (including phenoxy) is 1. The topological polar surface area (TPSA) is 46.6 Å². The number of aryl methyl sites for hydroxylation is 1. The summed E-state index contributed by atoms with van der Waals surface area (Å²) in [5.41, 5.74) is 5.86. The van der Waals surface area contributed by atoms with E-state index in [0.29, 0.717) is 19.4 Å². The lowest BCUT2D eigenvalue weighted by atomic mass is 9.77. The largest absolute Gasteiger partial charge is 0.489 e. The van der Waals surface area contributed by atoms with Crippen molar-refractivity contribution in [2.45, 2.75) is 45.1 Å². The first kappa shape index (κ1) is 21.2. The Hall–Kier alpha value is -3.66. The number of para-hydroxylation sites is 1. The number of rotatable bonds is 5. The summed E-state index contributed by atoms with van der Waals surface area (Å²) in [5.74, 6) is 0.777. The van der Waals surface area contributed by atoms with Crippen molar-refractivity contribution in [3.63, 3.8) is 0 Å². The molecule has 1 amide bonds. The zero-order valence-electron chi connectivity index (χ0n) is 18.8. The fourth-order valence-electron chi connectivity index (χ4n) is 4.88. The van der Waals surface area contributed by atoms with Crippen molar-refractivity contribution in [2.75, 3.05) is 4.90 Å². The molecule has 0 saturated heterocycles. The van der Waals surface area contributed by atoms with Crippen molar-refractivity contribution in [2.24, 2.45) is 0 Å². The molecule has 2 aliphatic rings. The van der Waals surface area contributed by atoms with Gasteiger partial charge in [-0.1, -0.05) is 54.6 Å². The quantitative estimate of drug-likeness (QED) is 0.484. The van der Waals surface area contributed by atoms with Crippen molar-refractivity contribution >= 4 is 17.4 Å². The Morgan fingerprint density at radius 1 is 0.879 bits per heavy atom. The van der Waals surface area contributed by atoms with Crippen LogP contribution in [-0.2, 0) is 16.2 Å². The van der Waals surface area contributed by atoms with Crippen LogP contribution >= 0.6 is 0 Å². The normalized spacial score (nSPS) is 18.3. The summed E-state index contributed by atoms with van der Waals surface area (Å²) in [6.07, 6.45) is 2.37. The predicted molar refractivity (Wildman–Crippen MR) is 129 cm³/mol. The van der Waals surface area contributed by atoms with E-state index in [0.717, 1.165) is 46.7 Å². The maximum absolute atomic E-state index is 13.3. The second kappa shape index (κ2) is 9.07. The average Bonchev–Trinajstić information content (AvgIpc) is 2.84. The summed E-state index contributed by atoms with van der Waals surface area (Å²) in [4.78, 5) is 28.1. The molecule has 0 N–H and O–H groups in total. The molecular formula is C29H27NO3. The van der Waals surface area contributed by atoms with Gasteiger partial charge in [0.2, 0.25) is 5.91 Å². The lowest BCUT2D eigenvalue weighted by Crippen LogP contribution is -2.40. The Morgan fingerprint density at radius 3 is 2.36 bits per heavy atom. The Labute approximate surface area is 194 Å². The zero-order valence-corrected chi connectivity index (χ0v) is 18.8. The van der Waals surface area contributed by atoms with Crippen LogP contribution in [0.5, 0.6) is 5.75 Å². The van der Waals surface area contributed by atoms with Crippen molar-refractivity contribution in [1.29, 1.82) is 0 Å². The minimum Gasteiger partial charge on any atom is -0.489 e. The molecule has 0 saturated carbocycles. The molecular weight excluding hydrogens is 410 g/mol. The summed E-state index contributed by atoms with van der Waals surface area (Å²) in [7, 11) is 0. The highest BCUT2D eigenvalue weighted by atomic mass is 16.5. The van der Waals surface area contributed by atoms with Crippen LogP contribution in [0.25, 0.3) is 0 Å². The number of Topliss-reactive ketones (excluding diaryl/α,β-unsaturated/α-hetero) is 1. The first-order valence-electron chi connectivity index (χ1n) is 11.5. The van der Waals surface area contributed by atoms with Gasteiger partial charge < -0.3 is 4.74 Å². The van der Waals surface area contributed by atoms with E-state index in [-0.39, 0.29) is 17.6 Å². The number of hydrogen-bond donors (Lipinski definition) is 0. The van der Waals surface area contributed by atoms with Gasteiger partial charge in [-0.3, -0.25) is 14.5 Å². The molecule has 0 bridgehead atoms. The third-order valence-electron chi connectivity index (χ3n) is 6.63. The standard InChI is InChI=1S/C29H27NO3/c1-20-8-5-6-9-22(20)19-33-24-16-14-21(15-17-24)25-18-28(32)30(23-10-3-2-4-11-23)26-12-7-13-27(31)29(25)26/h2-6,8-11,14-17,25H,7,12-13,18-19H2,1H3. The monoisotopic (exact) mass is 437 g/mol. The van der Waals surface area contributed by atoms with Gasteiger partial charge in [0.25, 0.3) is 0 Å². The van der Waals surface area contributed by atoms with E-state index in [1.165, 1.54) is 5.56 Å². The van der Waals surface area contributed by atoms with E-state index in [1.54, 1.807) is 4.90 Å². The predicted octanol–water partition coefficient (Wildman–Crippen LogP) is 6.10. The summed E-state index contributed by atoms with van der Waals surface area (Å²) in [6.45, 7) is 2.58. The molecule has 1 aliphatic heterocycles. The lowest BCUT2D eigenvalue weighted by molar-refractivity contribution is -0.119. The fraction of sp³-hybridized carbons (Fsp3) is 0.241. The highest BCUT2D eigenvalue weighted by Crippen LogP contribution is 2.43. The smallest absolute Gasteiger partial charge is 0.232 e. The van der Waals surface area contributed by atoms with Crippen LogP contribution in [0.4, 0.5) is 5.69 Å². The SMILES string of the molecule is Cc1ccccc1COc1ccc(C2CC(=O)N(c3ccccc3)C3=C2C(=O)CCC3)cc1. The second-order valence-electron chi connectivity index (χ2n) is 8.74. The van der Waals surface area contributed by atoms with E-state index >= 15 is 0 Å². The van der Waals surface area contributed by atoms with E-state index in [2.05, 4.69) is 19.1 Å². The van der Waals surface area contributed by atoms with E-state index in [4.69, 9.17) is 4.74 Å². The highest BCUT2D eigenvalue weighted by molar-refractivity contribution is 6.07. The third-order valence-corrected chi connectivity index (χ3v) is 6.63. The minimum atomic E-state index is -0.203. The molecule has 1 atom stereocenters. The summed E-state index contributed by atoms with van der Waals surface area (Å²) in [5, 5.41) is 0. The molecule has 33 heavy (non-hydrogen) atoms. The Balaban J connectivity index is 1.42. The van der Waals surface area contributed by atoms with Gasteiger partial charge >= 0.3 is 0 Å². The van der Waals surface area contributed by atoms with Crippen molar-refractivity contribution < 1.29 is 14.3 Å². The first-order chi connectivity index (χ1) is 16.1. The van der Waals surface area contributed by atoms with Crippen LogP contribution in [0.2, 0.25) is 0 Å². The Kier molecular flexibility index (Phi) is 5.82. The molecule has 1 heterocycles. The van der Waals surface area contributed by atoms with Crippen LogP contribution in [0.3, 0.4) is 0 Å². The Bertz CT molecular complexity index is 1210. The van der Waals surface area contributed by atoms with E-state index in [9.17, 15) is 9.59 Å². The molecule has 0 aromatic heterocycles. The lowest BCUT2D eigenvalue weighted by Gasteiger charge is -2.38. The second-order valence-corrected chi connectivity index (χ2v) is 8.74. The number of hydrogen-bond acceptors (Lipinski definition) is 3.